The lowest BCUT2D eigenvalue weighted by Gasteiger charge is -2.14. The minimum absolute atomic E-state index is 0.208. The SMILES string of the molecule is CC(=O)c1cc(Cl)cc(-c2ccccc2OC(F)(F)F)c1. The molecule has 0 heterocycles. The van der Waals surface area contributed by atoms with Crippen molar-refractivity contribution in [1.82, 2.24) is 0 Å². The normalized spacial score (nSPS) is 11.3. The molecule has 0 N–H and O–H groups in total. The van der Waals surface area contributed by atoms with Crippen molar-refractivity contribution in [1.29, 1.82) is 0 Å². The summed E-state index contributed by atoms with van der Waals surface area (Å²) in [5.74, 6) is -0.574. The zero-order valence-electron chi connectivity index (χ0n) is 10.9. The van der Waals surface area contributed by atoms with Crippen molar-refractivity contribution < 1.29 is 22.7 Å². The molecule has 0 radical (unpaired) electrons. The Hall–Kier alpha value is -2.01. The van der Waals surface area contributed by atoms with E-state index in [-0.39, 0.29) is 22.1 Å². The number of ether oxygens (including phenoxy) is 1. The summed E-state index contributed by atoms with van der Waals surface area (Å²) in [6.07, 6.45) is -4.79. The van der Waals surface area contributed by atoms with E-state index in [1.807, 2.05) is 0 Å². The summed E-state index contributed by atoms with van der Waals surface area (Å²) in [5.41, 5.74) is 0.909. The second kappa shape index (κ2) is 5.77. The standard InChI is InChI=1S/C15H10ClF3O2/c1-9(20)10-6-11(8-12(16)7-10)13-4-2-3-5-14(13)21-15(17,18)19/h2-8H,1H3. The fraction of sp³-hybridized carbons (Fsp3) is 0.133. The second-order valence-corrected chi connectivity index (χ2v) is 4.77. The predicted octanol–water partition coefficient (Wildman–Crippen LogP) is 5.11. The van der Waals surface area contributed by atoms with Gasteiger partial charge in [-0.2, -0.15) is 0 Å². The number of hydrogen-bond acceptors (Lipinski definition) is 2. The van der Waals surface area contributed by atoms with E-state index in [0.717, 1.165) is 0 Å². The molecule has 2 rings (SSSR count). The number of carbonyl (C=O) groups is 1. The first-order chi connectivity index (χ1) is 9.76. The van der Waals surface area contributed by atoms with Crippen LogP contribution in [0.1, 0.15) is 17.3 Å². The van der Waals surface area contributed by atoms with E-state index >= 15 is 0 Å². The molecule has 0 saturated carbocycles. The third-order valence-electron chi connectivity index (χ3n) is 2.73. The van der Waals surface area contributed by atoms with Gasteiger partial charge in [0.05, 0.1) is 0 Å². The maximum atomic E-state index is 12.4. The van der Waals surface area contributed by atoms with Crippen molar-refractivity contribution in [2.45, 2.75) is 13.3 Å². The van der Waals surface area contributed by atoms with E-state index in [2.05, 4.69) is 4.74 Å². The van der Waals surface area contributed by atoms with Gasteiger partial charge in [0.15, 0.2) is 5.78 Å². The van der Waals surface area contributed by atoms with Crippen LogP contribution in [0, 0.1) is 0 Å². The molecule has 0 aliphatic heterocycles. The van der Waals surface area contributed by atoms with Crippen LogP contribution in [0.3, 0.4) is 0 Å². The van der Waals surface area contributed by atoms with Crippen LogP contribution in [0.25, 0.3) is 11.1 Å². The van der Waals surface area contributed by atoms with Crippen molar-refractivity contribution in [3.05, 3.63) is 53.1 Å². The van der Waals surface area contributed by atoms with Gasteiger partial charge in [0.2, 0.25) is 0 Å². The zero-order chi connectivity index (χ0) is 15.6. The number of hydrogen-bond donors (Lipinski definition) is 0. The Balaban J connectivity index is 2.54. The first kappa shape index (κ1) is 15.4. The van der Waals surface area contributed by atoms with Gasteiger partial charge in [-0.25, -0.2) is 0 Å². The van der Waals surface area contributed by atoms with E-state index in [9.17, 15) is 18.0 Å². The third kappa shape index (κ3) is 3.98. The lowest BCUT2D eigenvalue weighted by Crippen LogP contribution is -2.17. The van der Waals surface area contributed by atoms with E-state index in [1.165, 1.54) is 43.3 Å². The maximum Gasteiger partial charge on any atom is 0.573 e. The molecule has 2 nitrogen and oxygen atoms in total. The molecule has 21 heavy (non-hydrogen) atoms. The van der Waals surface area contributed by atoms with Crippen molar-refractivity contribution in [2.75, 3.05) is 0 Å². The van der Waals surface area contributed by atoms with Crippen LogP contribution < -0.4 is 4.74 Å². The molecule has 0 amide bonds. The summed E-state index contributed by atoms with van der Waals surface area (Å²) in [4.78, 5) is 11.4. The van der Waals surface area contributed by atoms with Crippen molar-refractivity contribution in [3.8, 4) is 16.9 Å². The van der Waals surface area contributed by atoms with Gasteiger partial charge in [-0.05, 0) is 36.8 Å². The Morgan fingerprint density at radius 1 is 1.14 bits per heavy atom. The van der Waals surface area contributed by atoms with Gasteiger partial charge >= 0.3 is 6.36 Å². The van der Waals surface area contributed by atoms with E-state index < -0.39 is 6.36 Å². The number of ketones is 1. The molecule has 0 fully saturated rings. The predicted molar refractivity (Wildman–Crippen MR) is 73.6 cm³/mol. The molecule has 6 heteroatoms. The number of Topliss-reactive ketones (excluding diaryl/α,β-unsaturated/α-hetero) is 1. The first-order valence-corrected chi connectivity index (χ1v) is 6.31. The highest BCUT2D eigenvalue weighted by atomic mass is 35.5. The summed E-state index contributed by atoms with van der Waals surface area (Å²) in [6, 6.07) is 10.1. The van der Waals surface area contributed by atoms with Gasteiger partial charge in [-0.3, -0.25) is 4.79 Å². The number of halogens is 4. The van der Waals surface area contributed by atoms with Crippen LogP contribution >= 0.6 is 11.6 Å². The summed E-state index contributed by atoms with van der Waals surface area (Å²) in [5, 5.41) is 0.263. The number of benzene rings is 2. The lowest BCUT2D eigenvalue weighted by molar-refractivity contribution is -0.274. The molecule has 0 atom stereocenters. The highest BCUT2D eigenvalue weighted by molar-refractivity contribution is 6.31. The smallest absolute Gasteiger partial charge is 0.405 e. The summed E-state index contributed by atoms with van der Waals surface area (Å²) < 4.78 is 41.3. The second-order valence-electron chi connectivity index (χ2n) is 4.33. The molecule has 110 valence electrons. The highest BCUT2D eigenvalue weighted by Crippen LogP contribution is 2.35. The number of alkyl halides is 3. The van der Waals surface area contributed by atoms with E-state index in [4.69, 9.17) is 11.6 Å². The number of rotatable bonds is 3. The zero-order valence-corrected chi connectivity index (χ0v) is 11.6. The third-order valence-corrected chi connectivity index (χ3v) is 2.95. The molecule has 2 aromatic carbocycles. The largest absolute Gasteiger partial charge is 0.573 e. The minimum Gasteiger partial charge on any atom is -0.405 e. The van der Waals surface area contributed by atoms with Crippen LogP contribution in [-0.2, 0) is 0 Å². The molecule has 0 bridgehead atoms. The Labute approximate surface area is 124 Å². The van der Waals surface area contributed by atoms with Crippen LogP contribution in [0.4, 0.5) is 13.2 Å². The molecule has 0 unspecified atom stereocenters. The van der Waals surface area contributed by atoms with Crippen LogP contribution in [-0.4, -0.2) is 12.1 Å². The topological polar surface area (TPSA) is 26.3 Å². The van der Waals surface area contributed by atoms with Gasteiger partial charge in [0, 0.05) is 16.1 Å². The Bertz CT molecular complexity index is 681. The first-order valence-electron chi connectivity index (χ1n) is 5.93. The fourth-order valence-corrected chi connectivity index (χ4v) is 2.10. The molecule has 0 saturated heterocycles. The Kier molecular flexibility index (Phi) is 4.23. The Morgan fingerprint density at radius 3 is 2.43 bits per heavy atom. The van der Waals surface area contributed by atoms with Crippen LogP contribution in [0.5, 0.6) is 5.75 Å². The van der Waals surface area contributed by atoms with Gasteiger partial charge in [0.25, 0.3) is 0 Å². The summed E-state index contributed by atoms with van der Waals surface area (Å²) in [7, 11) is 0. The van der Waals surface area contributed by atoms with Gasteiger partial charge < -0.3 is 4.74 Å². The van der Waals surface area contributed by atoms with Crippen molar-refractivity contribution >= 4 is 17.4 Å². The van der Waals surface area contributed by atoms with Gasteiger partial charge in [-0.1, -0.05) is 29.8 Å². The maximum absolute atomic E-state index is 12.4. The average molecular weight is 315 g/mol. The lowest BCUT2D eigenvalue weighted by atomic mass is 10.0. The van der Waals surface area contributed by atoms with Crippen LogP contribution in [0.15, 0.2) is 42.5 Å². The molecule has 0 spiro atoms. The highest BCUT2D eigenvalue weighted by Gasteiger charge is 2.32. The van der Waals surface area contributed by atoms with E-state index in [0.29, 0.717) is 11.1 Å². The Morgan fingerprint density at radius 2 is 1.81 bits per heavy atom. The summed E-state index contributed by atoms with van der Waals surface area (Å²) >= 11 is 5.91. The monoisotopic (exact) mass is 314 g/mol. The molecular formula is C15H10ClF3O2. The molecule has 2 aromatic rings. The molecule has 0 aromatic heterocycles. The number of carbonyl (C=O) groups excluding carboxylic acids is 1. The van der Waals surface area contributed by atoms with Gasteiger partial charge in [-0.15, -0.1) is 13.2 Å². The fourth-order valence-electron chi connectivity index (χ4n) is 1.87. The van der Waals surface area contributed by atoms with E-state index in [1.54, 1.807) is 6.07 Å². The quantitative estimate of drug-likeness (QED) is 0.736. The minimum atomic E-state index is -4.79. The van der Waals surface area contributed by atoms with Gasteiger partial charge in [0.1, 0.15) is 5.75 Å². The summed E-state index contributed by atoms with van der Waals surface area (Å²) in [6.45, 7) is 1.35. The molecule has 0 aliphatic carbocycles. The average Bonchev–Trinajstić information content (AvgIpc) is 2.36. The molecule has 0 aliphatic rings. The number of para-hydroxylation sites is 1. The van der Waals surface area contributed by atoms with Crippen molar-refractivity contribution in [2.24, 2.45) is 0 Å². The van der Waals surface area contributed by atoms with Crippen LogP contribution in [0.2, 0.25) is 5.02 Å². The molecular weight excluding hydrogens is 305 g/mol. The van der Waals surface area contributed by atoms with Crippen molar-refractivity contribution in [3.63, 3.8) is 0 Å².